The lowest BCUT2D eigenvalue weighted by Crippen LogP contribution is -2.18. The number of ether oxygens (including phenoxy) is 1. The van der Waals surface area contributed by atoms with Crippen molar-refractivity contribution in [3.8, 4) is 0 Å². The van der Waals surface area contributed by atoms with E-state index in [0.29, 0.717) is 16.0 Å². The van der Waals surface area contributed by atoms with Crippen LogP contribution in [0.1, 0.15) is 23.3 Å². The minimum Gasteiger partial charge on any atom is -0.477 e. The molecule has 0 radical (unpaired) electrons. The number of rotatable bonds is 3. The number of thioether (sulfide) groups is 1. The maximum atomic E-state index is 10.8. The molecule has 0 atom stereocenters. The van der Waals surface area contributed by atoms with Crippen molar-refractivity contribution in [2.75, 3.05) is 18.9 Å². The van der Waals surface area contributed by atoms with Gasteiger partial charge in [0.05, 0.1) is 5.69 Å². The molecule has 1 aromatic rings. The largest absolute Gasteiger partial charge is 0.477 e. The van der Waals surface area contributed by atoms with Crippen LogP contribution in [0.2, 0.25) is 0 Å². The van der Waals surface area contributed by atoms with E-state index in [4.69, 9.17) is 15.6 Å². The summed E-state index contributed by atoms with van der Waals surface area (Å²) in [4.78, 5) is 14.9. The molecule has 0 aliphatic carbocycles. The van der Waals surface area contributed by atoms with Crippen molar-refractivity contribution < 1.29 is 14.6 Å². The average Bonchev–Trinajstić information content (AvgIpc) is 2.33. The molecule has 1 fully saturated rings. The summed E-state index contributed by atoms with van der Waals surface area (Å²) in [5.41, 5.74) is 6.37. The first-order valence-corrected chi connectivity index (χ1v) is 6.29. The van der Waals surface area contributed by atoms with E-state index in [2.05, 4.69) is 4.98 Å². The Morgan fingerprint density at radius 3 is 2.82 bits per heavy atom. The van der Waals surface area contributed by atoms with E-state index >= 15 is 0 Å². The number of nitrogens with two attached hydrogens (primary N) is 1. The molecule has 17 heavy (non-hydrogen) atoms. The highest BCUT2D eigenvalue weighted by atomic mass is 32.2. The van der Waals surface area contributed by atoms with Gasteiger partial charge in [-0.15, -0.1) is 11.8 Å². The zero-order valence-electron chi connectivity index (χ0n) is 9.26. The second-order valence-electron chi connectivity index (χ2n) is 3.83. The molecule has 0 unspecified atom stereocenters. The molecule has 0 aromatic carbocycles. The van der Waals surface area contributed by atoms with E-state index in [1.54, 1.807) is 17.8 Å². The SMILES string of the molecule is Nc1ccc(C(=O)O)nc1SC1CCOCC1. The molecule has 0 amide bonds. The number of carboxylic acids is 1. The highest BCUT2D eigenvalue weighted by Crippen LogP contribution is 2.31. The summed E-state index contributed by atoms with van der Waals surface area (Å²) in [7, 11) is 0. The minimum atomic E-state index is -1.03. The molecule has 5 nitrogen and oxygen atoms in total. The van der Waals surface area contributed by atoms with Gasteiger partial charge in [-0.05, 0) is 25.0 Å². The van der Waals surface area contributed by atoms with Crippen LogP contribution in [0.5, 0.6) is 0 Å². The van der Waals surface area contributed by atoms with Crippen LogP contribution in [0.25, 0.3) is 0 Å². The predicted molar refractivity (Wildman–Crippen MR) is 65.3 cm³/mol. The Hall–Kier alpha value is -1.27. The van der Waals surface area contributed by atoms with Crippen molar-refractivity contribution in [3.63, 3.8) is 0 Å². The van der Waals surface area contributed by atoms with Gasteiger partial charge in [0.15, 0.2) is 0 Å². The molecular formula is C11H14N2O3S. The van der Waals surface area contributed by atoms with Gasteiger partial charge in [0, 0.05) is 18.5 Å². The van der Waals surface area contributed by atoms with Crippen LogP contribution >= 0.6 is 11.8 Å². The van der Waals surface area contributed by atoms with E-state index < -0.39 is 5.97 Å². The zero-order valence-corrected chi connectivity index (χ0v) is 10.1. The number of aromatic carboxylic acids is 1. The van der Waals surface area contributed by atoms with Crippen molar-refractivity contribution in [1.29, 1.82) is 0 Å². The Kier molecular flexibility index (Phi) is 3.86. The molecule has 3 N–H and O–H groups in total. The van der Waals surface area contributed by atoms with Gasteiger partial charge in [0.1, 0.15) is 10.7 Å². The van der Waals surface area contributed by atoms with E-state index in [0.717, 1.165) is 26.1 Å². The molecule has 1 aliphatic rings. The molecule has 92 valence electrons. The molecule has 1 saturated heterocycles. The summed E-state index contributed by atoms with van der Waals surface area (Å²) < 4.78 is 5.27. The smallest absolute Gasteiger partial charge is 0.354 e. The molecule has 0 saturated carbocycles. The molecule has 1 aliphatic heterocycles. The lowest BCUT2D eigenvalue weighted by molar-refractivity contribution is 0.0689. The number of hydrogen-bond donors (Lipinski definition) is 2. The Morgan fingerprint density at radius 2 is 2.18 bits per heavy atom. The van der Waals surface area contributed by atoms with Crippen molar-refractivity contribution in [2.24, 2.45) is 0 Å². The second kappa shape index (κ2) is 5.37. The normalized spacial score (nSPS) is 16.9. The van der Waals surface area contributed by atoms with E-state index in [1.807, 2.05) is 0 Å². The van der Waals surface area contributed by atoms with Gasteiger partial charge in [-0.3, -0.25) is 0 Å². The number of carbonyl (C=O) groups is 1. The predicted octanol–water partition coefficient (Wildman–Crippen LogP) is 1.63. The van der Waals surface area contributed by atoms with Crippen molar-refractivity contribution >= 4 is 23.4 Å². The van der Waals surface area contributed by atoms with E-state index in [1.165, 1.54) is 6.07 Å². The van der Waals surface area contributed by atoms with Gasteiger partial charge in [0.2, 0.25) is 0 Å². The molecule has 0 bridgehead atoms. The van der Waals surface area contributed by atoms with Crippen molar-refractivity contribution in [2.45, 2.75) is 23.1 Å². The summed E-state index contributed by atoms with van der Waals surface area (Å²) in [5.74, 6) is -1.03. The quantitative estimate of drug-likeness (QED) is 0.852. The molecular weight excluding hydrogens is 240 g/mol. The van der Waals surface area contributed by atoms with Crippen LogP contribution in [0, 0.1) is 0 Å². The molecule has 0 spiro atoms. The molecule has 1 aromatic heterocycles. The standard InChI is InChI=1S/C11H14N2O3S/c12-8-1-2-9(11(14)15)13-10(8)17-7-3-5-16-6-4-7/h1-2,7H,3-6,12H2,(H,14,15). The highest BCUT2D eigenvalue weighted by Gasteiger charge is 2.18. The Morgan fingerprint density at radius 1 is 1.47 bits per heavy atom. The van der Waals surface area contributed by atoms with Crippen molar-refractivity contribution in [3.05, 3.63) is 17.8 Å². The topological polar surface area (TPSA) is 85.4 Å². The summed E-state index contributed by atoms with van der Waals surface area (Å²) in [5, 5.41) is 9.89. The molecule has 2 heterocycles. The monoisotopic (exact) mass is 254 g/mol. The number of hydrogen-bond acceptors (Lipinski definition) is 5. The zero-order chi connectivity index (χ0) is 12.3. The Balaban J connectivity index is 2.13. The number of aromatic nitrogens is 1. The molecule has 2 rings (SSSR count). The van der Waals surface area contributed by atoms with Gasteiger partial charge in [-0.1, -0.05) is 0 Å². The average molecular weight is 254 g/mol. The summed E-state index contributed by atoms with van der Waals surface area (Å²) in [6, 6.07) is 3.02. The van der Waals surface area contributed by atoms with E-state index in [-0.39, 0.29) is 5.69 Å². The maximum Gasteiger partial charge on any atom is 0.354 e. The van der Waals surface area contributed by atoms with Gasteiger partial charge in [0.25, 0.3) is 0 Å². The number of nitrogen functional groups attached to an aromatic ring is 1. The second-order valence-corrected chi connectivity index (χ2v) is 5.11. The summed E-state index contributed by atoms with van der Waals surface area (Å²) in [6.45, 7) is 1.49. The van der Waals surface area contributed by atoms with Crippen LogP contribution in [-0.2, 0) is 4.74 Å². The van der Waals surface area contributed by atoms with Crippen LogP contribution in [-0.4, -0.2) is 34.5 Å². The van der Waals surface area contributed by atoms with Crippen LogP contribution in [0.15, 0.2) is 17.2 Å². The van der Waals surface area contributed by atoms with Crippen LogP contribution < -0.4 is 5.73 Å². The Labute approximate surface area is 103 Å². The third-order valence-corrected chi connectivity index (χ3v) is 3.91. The van der Waals surface area contributed by atoms with Crippen LogP contribution in [0.4, 0.5) is 5.69 Å². The maximum absolute atomic E-state index is 10.8. The fourth-order valence-corrected chi connectivity index (χ4v) is 2.72. The first-order chi connectivity index (χ1) is 8.16. The first-order valence-electron chi connectivity index (χ1n) is 5.41. The fraction of sp³-hybridized carbons (Fsp3) is 0.455. The first kappa shape index (κ1) is 12.2. The van der Waals surface area contributed by atoms with E-state index in [9.17, 15) is 4.79 Å². The number of nitrogens with zero attached hydrogens (tertiary/aromatic N) is 1. The molecule has 6 heteroatoms. The summed E-state index contributed by atoms with van der Waals surface area (Å²) >= 11 is 1.54. The van der Waals surface area contributed by atoms with Gasteiger partial charge < -0.3 is 15.6 Å². The third kappa shape index (κ3) is 3.10. The lowest BCUT2D eigenvalue weighted by Gasteiger charge is -2.21. The number of anilines is 1. The lowest BCUT2D eigenvalue weighted by atomic mass is 10.2. The van der Waals surface area contributed by atoms with Gasteiger partial charge in [-0.2, -0.15) is 0 Å². The number of carboxylic acid groups (broad SMARTS) is 1. The summed E-state index contributed by atoms with van der Waals surface area (Å²) in [6.07, 6.45) is 1.90. The fourth-order valence-electron chi connectivity index (χ4n) is 1.62. The minimum absolute atomic E-state index is 0.0359. The third-order valence-electron chi connectivity index (χ3n) is 2.56. The Bertz CT molecular complexity index is 419. The van der Waals surface area contributed by atoms with Gasteiger partial charge in [-0.25, -0.2) is 9.78 Å². The number of pyridine rings is 1. The van der Waals surface area contributed by atoms with Crippen molar-refractivity contribution in [1.82, 2.24) is 4.98 Å². The highest BCUT2D eigenvalue weighted by molar-refractivity contribution is 8.00. The van der Waals surface area contributed by atoms with Crippen LogP contribution in [0.3, 0.4) is 0 Å². The van der Waals surface area contributed by atoms with Gasteiger partial charge >= 0.3 is 5.97 Å².